The Kier molecular flexibility index (Phi) is 8.41. The van der Waals surface area contributed by atoms with Crippen LogP contribution >= 0.6 is 0 Å². The van der Waals surface area contributed by atoms with E-state index in [1.807, 2.05) is 12.1 Å². The summed E-state index contributed by atoms with van der Waals surface area (Å²) in [7, 11) is 0. The molecule has 212 valence electrons. The van der Waals surface area contributed by atoms with Gasteiger partial charge in [0.05, 0.1) is 0 Å². The van der Waals surface area contributed by atoms with Gasteiger partial charge in [0.2, 0.25) is 0 Å². The van der Waals surface area contributed by atoms with Crippen molar-refractivity contribution in [1.29, 1.82) is 0 Å². The standard InChI is InChI=1S/C33H51NO3Se/c1-6-23-27-20-21(2)15-17-33(27,5)26-16-18-32(4)24(13-14-25(32)30(26)31(23)35)22(3)10-9-19-38-29-12-8-7-11-28(29)34(36)37/h7-8,11-12,21-27,30-31,35H,6,9-10,13-20H2,1-5H3/t21-,22-,23-,24-,25+,26+,27+,30+,31-,32-,33-/m1/s1. The van der Waals surface area contributed by atoms with E-state index in [1.165, 1.54) is 51.4 Å². The van der Waals surface area contributed by atoms with Crippen molar-refractivity contribution in [3.05, 3.63) is 34.4 Å². The molecule has 0 saturated heterocycles. The van der Waals surface area contributed by atoms with Gasteiger partial charge in [-0.2, -0.15) is 0 Å². The maximum atomic E-state index is 12.0. The van der Waals surface area contributed by atoms with Gasteiger partial charge in [-0.15, -0.1) is 0 Å². The Morgan fingerprint density at radius 2 is 1.79 bits per heavy atom. The molecule has 0 unspecified atom stereocenters. The predicted molar refractivity (Wildman–Crippen MR) is 157 cm³/mol. The third-order valence-corrected chi connectivity index (χ3v) is 15.0. The van der Waals surface area contributed by atoms with Gasteiger partial charge in [-0.3, -0.25) is 0 Å². The first-order valence-electron chi connectivity index (χ1n) is 15.7. The Labute approximate surface area is 237 Å². The molecule has 0 aliphatic heterocycles. The van der Waals surface area contributed by atoms with Crippen LogP contribution in [0.15, 0.2) is 24.3 Å². The molecule has 4 fully saturated rings. The first-order valence-corrected chi connectivity index (χ1v) is 17.7. The van der Waals surface area contributed by atoms with Crippen molar-refractivity contribution in [3.63, 3.8) is 0 Å². The van der Waals surface area contributed by atoms with Crippen LogP contribution in [0.3, 0.4) is 0 Å². The molecule has 38 heavy (non-hydrogen) atoms. The molecule has 1 aromatic rings. The van der Waals surface area contributed by atoms with Crippen molar-refractivity contribution in [2.24, 2.45) is 58.2 Å². The van der Waals surface area contributed by atoms with E-state index in [-0.39, 0.29) is 26.0 Å². The summed E-state index contributed by atoms with van der Waals surface area (Å²) in [5.74, 6) is 5.29. The third-order valence-electron chi connectivity index (χ3n) is 12.6. The van der Waals surface area contributed by atoms with Crippen LogP contribution in [0.1, 0.15) is 98.8 Å². The van der Waals surface area contributed by atoms with Crippen LogP contribution in [-0.4, -0.2) is 31.1 Å². The molecule has 4 nitrogen and oxygen atoms in total. The summed E-state index contributed by atoms with van der Waals surface area (Å²) in [6.45, 7) is 12.5. The summed E-state index contributed by atoms with van der Waals surface area (Å²) in [6, 6.07) is 7.30. The molecule has 0 amide bonds. The number of nitro groups is 1. The van der Waals surface area contributed by atoms with Crippen LogP contribution in [0.5, 0.6) is 0 Å². The van der Waals surface area contributed by atoms with Crippen molar-refractivity contribution in [2.75, 3.05) is 0 Å². The summed E-state index contributed by atoms with van der Waals surface area (Å²) in [5.41, 5.74) is 1.07. The second-order valence-electron chi connectivity index (χ2n) is 14.3. The topological polar surface area (TPSA) is 63.4 Å². The summed E-state index contributed by atoms with van der Waals surface area (Å²) in [6.07, 6.45) is 12.7. The summed E-state index contributed by atoms with van der Waals surface area (Å²) >= 11 is 0.161. The molecule has 0 aromatic heterocycles. The molecular formula is C33H51NO3Se. The van der Waals surface area contributed by atoms with Gasteiger partial charge in [-0.05, 0) is 5.92 Å². The normalized spacial score (nSPS) is 43.1. The first kappa shape index (κ1) is 28.6. The van der Waals surface area contributed by atoms with E-state index in [0.717, 1.165) is 34.5 Å². The number of benzene rings is 1. The first-order chi connectivity index (χ1) is 18.1. The third kappa shape index (κ3) is 4.81. The van der Waals surface area contributed by atoms with Crippen molar-refractivity contribution < 1.29 is 10.0 Å². The monoisotopic (exact) mass is 589 g/mol. The SMILES string of the molecule is CC[C@H]1[C@@H](O)[C@@H]2[C@H](CC[C@]3(C)[C@@H]([C@H](C)CCC[Se]c4ccccc4[N+](=O)[O-])CC[C@@H]23)[C@@]2(C)CC[C@@H](C)C[C@@H]12. The number of nitrogens with zero attached hydrogens (tertiary/aromatic N) is 1. The fraction of sp³-hybridized carbons (Fsp3) is 0.818. The van der Waals surface area contributed by atoms with Gasteiger partial charge in [0, 0.05) is 0 Å². The molecule has 0 radical (unpaired) electrons. The fourth-order valence-corrected chi connectivity index (χ4v) is 12.8. The Balaban J connectivity index is 1.25. The van der Waals surface area contributed by atoms with Crippen LogP contribution < -0.4 is 4.46 Å². The van der Waals surface area contributed by atoms with Gasteiger partial charge in [0.25, 0.3) is 0 Å². The molecule has 11 atom stereocenters. The molecule has 1 N–H and O–H groups in total. The molecule has 1 aromatic carbocycles. The van der Waals surface area contributed by atoms with Crippen molar-refractivity contribution in [1.82, 2.24) is 0 Å². The number of hydrogen-bond donors (Lipinski definition) is 1. The zero-order chi connectivity index (χ0) is 27.2. The van der Waals surface area contributed by atoms with Gasteiger partial charge >= 0.3 is 225 Å². The molecule has 0 spiro atoms. The number of para-hydroxylation sites is 1. The van der Waals surface area contributed by atoms with E-state index in [9.17, 15) is 15.2 Å². The molecule has 4 aliphatic rings. The molecule has 0 bridgehead atoms. The quantitative estimate of drug-likeness (QED) is 0.147. The van der Waals surface area contributed by atoms with Crippen molar-refractivity contribution in [3.8, 4) is 0 Å². The van der Waals surface area contributed by atoms with Gasteiger partial charge in [-0.25, -0.2) is 0 Å². The van der Waals surface area contributed by atoms with Crippen LogP contribution in [-0.2, 0) is 0 Å². The molecule has 5 rings (SSSR count). The van der Waals surface area contributed by atoms with E-state index >= 15 is 0 Å². The zero-order valence-electron chi connectivity index (χ0n) is 24.4. The van der Waals surface area contributed by atoms with Gasteiger partial charge in [0.15, 0.2) is 0 Å². The van der Waals surface area contributed by atoms with Gasteiger partial charge in [0.1, 0.15) is 0 Å². The fourth-order valence-electron chi connectivity index (χ4n) is 10.7. The van der Waals surface area contributed by atoms with Crippen LogP contribution in [0.25, 0.3) is 0 Å². The summed E-state index contributed by atoms with van der Waals surface area (Å²) in [4.78, 5) is 11.2. The Morgan fingerprint density at radius 3 is 2.53 bits per heavy atom. The van der Waals surface area contributed by atoms with E-state index in [1.54, 1.807) is 12.1 Å². The number of fused-ring (bicyclic) bond motifs is 5. The predicted octanol–water partition coefficient (Wildman–Crippen LogP) is 7.66. The number of nitro benzene ring substituents is 1. The summed E-state index contributed by atoms with van der Waals surface area (Å²) < 4.78 is 0.935. The molecular weight excluding hydrogens is 537 g/mol. The van der Waals surface area contributed by atoms with Crippen molar-refractivity contribution >= 4 is 25.1 Å². The number of aliphatic hydroxyl groups excluding tert-OH is 1. The van der Waals surface area contributed by atoms with E-state index in [0.29, 0.717) is 52.0 Å². The van der Waals surface area contributed by atoms with E-state index in [4.69, 9.17) is 0 Å². The zero-order valence-corrected chi connectivity index (χ0v) is 26.1. The average Bonchev–Trinajstić information content (AvgIpc) is 3.25. The molecule has 0 heterocycles. The summed E-state index contributed by atoms with van der Waals surface area (Å²) in [5, 5.41) is 24.4. The number of aliphatic hydroxyl groups is 1. The number of hydrogen-bond acceptors (Lipinski definition) is 3. The number of rotatable bonds is 8. The van der Waals surface area contributed by atoms with Gasteiger partial charge in [-0.1, -0.05) is 6.92 Å². The van der Waals surface area contributed by atoms with Crippen LogP contribution in [0, 0.1) is 68.3 Å². The Morgan fingerprint density at radius 1 is 1.08 bits per heavy atom. The van der Waals surface area contributed by atoms with Crippen molar-refractivity contribution in [2.45, 2.75) is 110 Å². The minimum atomic E-state index is -0.227. The second-order valence-corrected chi connectivity index (χ2v) is 16.7. The molecule has 4 saturated carbocycles. The molecule has 5 heteroatoms. The molecule has 4 aliphatic carbocycles. The van der Waals surface area contributed by atoms with Gasteiger partial charge < -0.3 is 0 Å². The average molecular weight is 589 g/mol. The Hall–Kier alpha value is -0.901. The van der Waals surface area contributed by atoms with Crippen LogP contribution in [0.2, 0.25) is 5.32 Å². The minimum absolute atomic E-state index is 0.114. The Bertz CT molecular complexity index is 1000. The van der Waals surface area contributed by atoms with E-state index < -0.39 is 0 Å². The second kappa shape index (κ2) is 11.2. The van der Waals surface area contributed by atoms with E-state index in [2.05, 4.69) is 34.6 Å². The maximum absolute atomic E-state index is 12.0. The van der Waals surface area contributed by atoms with Crippen LogP contribution in [0.4, 0.5) is 5.69 Å².